The number of carboxylic acids is 1. The Hall–Kier alpha value is -1.01. The zero-order chi connectivity index (χ0) is 11.3. The highest BCUT2D eigenvalue weighted by Gasteiger charge is 2.63. The van der Waals surface area contributed by atoms with Crippen molar-refractivity contribution in [3.8, 4) is 0 Å². The largest absolute Gasteiger partial charge is 0.476 e. The summed E-state index contributed by atoms with van der Waals surface area (Å²) in [5.41, 5.74) is 0.0627. The van der Waals surface area contributed by atoms with E-state index in [1.165, 1.54) is 4.90 Å². The zero-order valence-corrected chi connectivity index (χ0v) is 9.19. The average molecular weight is 230 g/mol. The molecule has 5 nitrogen and oxygen atoms in total. The molecule has 0 radical (unpaired) electrons. The summed E-state index contributed by atoms with van der Waals surface area (Å²) in [5, 5.41) is 19.7. The van der Waals surface area contributed by atoms with Crippen LogP contribution in [0.5, 0.6) is 0 Å². The molecule has 0 aromatic heterocycles. The molecule has 6 heteroatoms. The first-order valence-corrected chi connectivity index (χ1v) is 6.31. The highest BCUT2D eigenvalue weighted by atomic mass is 32.2. The van der Waals surface area contributed by atoms with Crippen molar-refractivity contribution in [2.45, 2.75) is 18.4 Å². The summed E-state index contributed by atoms with van der Waals surface area (Å²) in [4.78, 5) is 23.7. The summed E-state index contributed by atoms with van der Waals surface area (Å²) in [6, 6.07) is 0. The predicted octanol–water partition coefficient (Wildman–Crippen LogP) is -0.661. The molecule has 2 unspecified atom stereocenters. The molecule has 82 valence electrons. The fourth-order valence-corrected chi connectivity index (χ4v) is 4.10. The number of carbonyl (C=O) groups excluding carboxylic acids is 1. The molecule has 1 fully saturated rings. The lowest BCUT2D eigenvalue weighted by Crippen LogP contribution is -2.63. The Balaban J connectivity index is 2.26. The van der Waals surface area contributed by atoms with Crippen molar-refractivity contribution in [2.24, 2.45) is 5.92 Å². The van der Waals surface area contributed by atoms with E-state index in [-0.39, 0.29) is 27.9 Å². The van der Waals surface area contributed by atoms with Crippen LogP contribution in [0.3, 0.4) is 0 Å². The van der Waals surface area contributed by atoms with Gasteiger partial charge in [0.25, 0.3) is 0 Å². The Morgan fingerprint density at radius 2 is 2.27 bits per heavy atom. The van der Waals surface area contributed by atoms with Gasteiger partial charge in [-0.2, -0.15) is 0 Å². The molecular weight excluding hydrogens is 218 g/mol. The first-order valence-electron chi connectivity index (χ1n) is 4.55. The Kier molecular flexibility index (Phi) is 2.27. The van der Waals surface area contributed by atoms with Gasteiger partial charge in [-0.1, -0.05) is 0 Å². The fourth-order valence-electron chi connectivity index (χ4n) is 2.04. The number of aliphatic carboxylic acids is 1. The number of carbonyl (C=O) groups is 2. The maximum Gasteiger partial charge on any atom is 0.357 e. The van der Waals surface area contributed by atoms with Gasteiger partial charge in [0.1, 0.15) is 12.2 Å². The van der Waals surface area contributed by atoms with Crippen molar-refractivity contribution in [1.82, 2.24) is 4.90 Å². The van der Waals surface area contributed by atoms with Crippen LogP contribution in [0.2, 0.25) is 0 Å². The van der Waals surface area contributed by atoms with Crippen molar-refractivity contribution >= 4 is 22.8 Å². The van der Waals surface area contributed by atoms with Crippen molar-refractivity contribution in [3.63, 3.8) is 0 Å². The van der Waals surface area contributed by atoms with Crippen LogP contribution < -0.4 is 0 Å². The lowest BCUT2D eigenvalue weighted by molar-refractivity contribution is -0.156. The number of aliphatic hydroxyl groups excluding tert-OH is 1. The number of carboxylic acid groups (broad SMARTS) is 1. The number of fused-ring (bicyclic) bond motifs is 1. The van der Waals surface area contributed by atoms with Crippen LogP contribution >= 0.6 is 0 Å². The van der Waals surface area contributed by atoms with Gasteiger partial charge in [-0.3, -0.25) is 9.69 Å². The summed E-state index contributed by atoms with van der Waals surface area (Å²) in [5.74, 6) is -1.79. The van der Waals surface area contributed by atoms with E-state index in [4.69, 9.17) is 5.11 Å². The molecular formula is C9H12NO4S+. The van der Waals surface area contributed by atoms with Gasteiger partial charge in [0.2, 0.25) is 11.3 Å². The van der Waals surface area contributed by atoms with E-state index in [0.717, 1.165) is 0 Å². The number of β-lactam (4-membered cyclic amide) rings is 1. The maximum atomic E-state index is 11.6. The number of hydrogen-bond donors (Lipinski definition) is 2. The highest BCUT2D eigenvalue weighted by molar-refractivity contribution is 8.00. The van der Waals surface area contributed by atoms with Crippen LogP contribution in [-0.2, 0) is 20.5 Å². The summed E-state index contributed by atoms with van der Waals surface area (Å²) in [6.45, 7) is 1.57. The third kappa shape index (κ3) is 1.28. The van der Waals surface area contributed by atoms with Crippen LogP contribution in [0.1, 0.15) is 6.92 Å². The Morgan fingerprint density at radius 3 is 2.73 bits per heavy atom. The first kappa shape index (κ1) is 10.5. The second kappa shape index (κ2) is 3.24. The molecule has 15 heavy (non-hydrogen) atoms. The molecule has 4 atom stereocenters. The van der Waals surface area contributed by atoms with E-state index in [9.17, 15) is 14.7 Å². The molecule has 2 N–H and O–H groups in total. The predicted molar refractivity (Wildman–Crippen MR) is 54.8 cm³/mol. The molecule has 2 rings (SSSR count). The highest BCUT2D eigenvalue weighted by Crippen LogP contribution is 2.42. The summed E-state index contributed by atoms with van der Waals surface area (Å²) in [7, 11) is -0.281. The molecule has 1 amide bonds. The van der Waals surface area contributed by atoms with Crippen LogP contribution in [0, 0.1) is 5.92 Å². The first-order chi connectivity index (χ1) is 6.95. The third-order valence-corrected chi connectivity index (χ3v) is 4.62. The van der Waals surface area contributed by atoms with Gasteiger partial charge in [-0.15, -0.1) is 0 Å². The minimum atomic E-state index is -1.07. The van der Waals surface area contributed by atoms with Crippen LogP contribution in [0.15, 0.2) is 11.1 Å². The third-order valence-electron chi connectivity index (χ3n) is 2.76. The minimum absolute atomic E-state index is 0.0627. The van der Waals surface area contributed by atoms with Crippen molar-refractivity contribution < 1.29 is 19.8 Å². The summed E-state index contributed by atoms with van der Waals surface area (Å²) < 4.78 is 0. The van der Waals surface area contributed by atoms with Crippen LogP contribution in [0.25, 0.3) is 0 Å². The van der Waals surface area contributed by atoms with Gasteiger partial charge in [0, 0.05) is 10.9 Å². The molecule has 2 heterocycles. The van der Waals surface area contributed by atoms with Crippen molar-refractivity contribution in [2.75, 3.05) is 6.26 Å². The molecule has 0 bridgehead atoms. The smallest absolute Gasteiger partial charge is 0.357 e. The summed E-state index contributed by atoms with van der Waals surface area (Å²) in [6.07, 6.45) is 1.17. The van der Waals surface area contributed by atoms with Gasteiger partial charge in [0.15, 0.2) is 11.1 Å². The quantitative estimate of drug-likeness (QED) is 0.487. The van der Waals surface area contributed by atoms with E-state index >= 15 is 0 Å². The Morgan fingerprint density at radius 1 is 1.67 bits per heavy atom. The molecule has 0 saturated carbocycles. The van der Waals surface area contributed by atoms with E-state index in [0.29, 0.717) is 0 Å². The van der Waals surface area contributed by atoms with E-state index in [1.807, 2.05) is 6.26 Å². The van der Waals surface area contributed by atoms with E-state index < -0.39 is 18.0 Å². The Bertz CT molecular complexity index is 365. The minimum Gasteiger partial charge on any atom is -0.476 e. The van der Waals surface area contributed by atoms with Crippen LogP contribution in [-0.4, -0.2) is 44.7 Å². The topological polar surface area (TPSA) is 77.8 Å². The SMILES string of the molecule is C[C@@H](O)C1C(=O)N2C(C(=O)O)=C[S+](C)[C@H]12. The number of nitrogens with zero attached hydrogens (tertiary/aromatic N) is 1. The van der Waals surface area contributed by atoms with E-state index in [2.05, 4.69) is 0 Å². The molecule has 0 aromatic rings. The molecule has 0 spiro atoms. The standard InChI is InChI=1S/C9H11NO4S/c1-4(11)6-7(12)10-5(9(13)14)3-15(2)8(6)10/h3-4,6,8,11H,1-2H3/p+1/t4-,6?,8-,15?/m1/s1. The molecule has 0 aliphatic carbocycles. The van der Waals surface area contributed by atoms with Gasteiger partial charge >= 0.3 is 5.97 Å². The van der Waals surface area contributed by atoms with Crippen molar-refractivity contribution in [1.29, 1.82) is 0 Å². The Labute approximate surface area is 89.7 Å². The molecule has 2 aliphatic heterocycles. The number of aliphatic hydroxyl groups is 1. The second-order valence-corrected chi connectivity index (χ2v) is 5.71. The second-order valence-electron chi connectivity index (χ2n) is 3.78. The van der Waals surface area contributed by atoms with Crippen molar-refractivity contribution in [3.05, 3.63) is 11.1 Å². The summed E-state index contributed by atoms with van der Waals surface area (Å²) >= 11 is 0. The lowest BCUT2D eigenvalue weighted by Gasteiger charge is -2.40. The zero-order valence-electron chi connectivity index (χ0n) is 8.38. The van der Waals surface area contributed by atoms with Gasteiger partial charge in [-0.05, 0) is 6.92 Å². The number of hydrogen-bond acceptors (Lipinski definition) is 3. The molecule has 2 aliphatic rings. The number of amides is 1. The maximum absolute atomic E-state index is 11.6. The van der Waals surface area contributed by atoms with Gasteiger partial charge in [-0.25, -0.2) is 4.79 Å². The van der Waals surface area contributed by atoms with Gasteiger partial charge < -0.3 is 10.2 Å². The fraction of sp³-hybridized carbons (Fsp3) is 0.556. The monoisotopic (exact) mass is 230 g/mol. The number of rotatable bonds is 2. The normalized spacial score (nSPS) is 35.7. The lowest BCUT2D eigenvalue weighted by atomic mass is 9.92. The van der Waals surface area contributed by atoms with E-state index in [1.54, 1.807) is 12.3 Å². The van der Waals surface area contributed by atoms with Crippen LogP contribution in [0.4, 0.5) is 0 Å². The molecule has 1 saturated heterocycles. The van der Waals surface area contributed by atoms with Gasteiger partial charge in [0.05, 0.1) is 6.10 Å². The molecule has 0 aromatic carbocycles. The average Bonchev–Trinajstić information content (AvgIpc) is 2.38.